The number of hydrogen-bond acceptors (Lipinski definition) is 4. The molecule has 0 spiro atoms. The summed E-state index contributed by atoms with van der Waals surface area (Å²) in [6.07, 6.45) is 0. The van der Waals surface area contributed by atoms with Crippen LogP contribution in [0.5, 0.6) is 0 Å². The highest BCUT2D eigenvalue weighted by Crippen LogP contribution is 2.28. The van der Waals surface area contributed by atoms with Gasteiger partial charge < -0.3 is 0 Å². The minimum Gasteiger partial charge on any atom is -0.274 e. The van der Waals surface area contributed by atoms with Crippen LogP contribution in [0.25, 0.3) is 11.0 Å². The number of carbonyl (C=O) groups excluding carboxylic acids is 1. The van der Waals surface area contributed by atoms with Crippen LogP contribution in [0, 0.1) is 0 Å². The fraction of sp³-hybridized carbons (Fsp3) is 0.125. The molecule has 5 heteroatoms. The van der Waals surface area contributed by atoms with E-state index in [1.165, 1.54) is 0 Å². The molecule has 0 aliphatic heterocycles. The molecule has 0 bridgehead atoms. The lowest BCUT2D eigenvalue weighted by Crippen LogP contribution is -2.06. The molecule has 0 saturated carbocycles. The van der Waals surface area contributed by atoms with Crippen molar-refractivity contribution in [2.45, 2.75) is 22.7 Å². The zero-order valence-electron chi connectivity index (χ0n) is 11.5. The zero-order valence-corrected chi connectivity index (χ0v) is 13.2. The van der Waals surface area contributed by atoms with Crippen molar-refractivity contribution in [1.82, 2.24) is 9.55 Å². The Morgan fingerprint density at radius 3 is 2.67 bits per heavy atom. The smallest absolute Gasteiger partial charge is 0.230 e. The predicted octanol–water partition coefficient (Wildman–Crippen LogP) is 4.28. The second kappa shape index (κ2) is 5.95. The topological polar surface area (TPSA) is 34.9 Å². The summed E-state index contributed by atoms with van der Waals surface area (Å²) in [5.74, 6) is 0.710. The van der Waals surface area contributed by atoms with Crippen LogP contribution in [0.2, 0.25) is 0 Å². The summed E-state index contributed by atoms with van der Waals surface area (Å²) in [6.45, 7) is 1.56. The van der Waals surface area contributed by atoms with E-state index >= 15 is 0 Å². The molecule has 0 amide bonds. The molecular weight excluding hydrogens is 300 g/mol. The summed E-state index contributed by atoms with van der Waals surface area (Å²) in [6, 6.07) is 15.6. The molecule has 0 radical (unpaired) electrons. The van der Waals surface area contributed by atoms with Crippen molar-refractivity contribution in [3.63, 3.8) is 0 Å². The maximum absolute atomic E-state index is 11.9. The third kappa shape index (κ3) is 2.84. The Hall–Kier alpha value is -1.72. The second-order valence-electron chi connectivity index (χ2n) is 4.65. The summed E-state index contributed by atoms with van der Waals surface area (Å²) in [4.78, 5) is 17.4. The summed E-state index contributed by atoms with van der Waals surface area (Å²) in [5, 5.41) is 0.722. The monoisotopic (exact) mass is 314 g/mol. The van der Waals surface area contributed by atoms with Crippen molar-refractivity contribution in [2.24, 2.45) is 0 Å². The summed E-state index contributed by atoms with van der Waals surface area (Å²) in [7, 11) is 0. The molecule has 0 atom stereocenters. The number of rotatable bonds is 3. The highest BCUT2D eigenvalue weighted by Gasteiger charge is 2.14. The number of hydrogen-bond donors (Lipinski definition) is 1. The number of thiol groups is 1. The molecular formula is C16H14N2OS2. The van der Waals surface area contributed by atoms with Crippen LogP contribution in [-0.2, 0) is 5.75 Å². The van der Waals surface area contributed by atoms with Crippen LogP contribution >= 0.6 is 24.4 Å². The lowest BCUT2D eigenvalue weighted by atomic mass is 10.2. The third-order valence-corrected chi connectivity index (χ3v) is 4.62. The van der Waals surface area contributed by atoms with Crippen LogP contribution in [0.4, 0.5) is 0 Å². The van der Waals surface area contributed by atoms with Crippen LogP contribution in [0.15, 0.2) is 58.6 Å². The molecule has 1 aromatic heterocycles. The first-order valence-corrected chi connectivity index (χ1v) is 7.98. The Bertz CT molecular complexity index is 811. The van der Waals surface area contributed by atoms with Gasteiger partial charge in [0, 0.05) is 17.6 Å². The van der Waals surface area contributed by atoms with E-state index in [0.29, 0.717) is 0 Å². The van der Waals surface area contributed by atoms with E-state index in [1.807, 2.05) is 48.5 Å². The highest BCUT2D eigenvalue weighted by atomic mass is 32.2. The van der Waals surface area contributed by atoms with Gasteiger partial charge in [0.2, 0.25) is 5.91 Å². The molecule has 0 aliphatic rings. The predicted molar refractivity (Wildman–Crippen MR) is 89.3 cm³/mol. The van der Waals surface area contributed by atoms with Gasteiger partial charge in [-0.1, -0.05) is 42.1 Å². The van der Waals surface area contributed by atoms with E-state index in [2.05, 4.69) is 17.6 Å². The van der Waals surface area contributed by atoms with Crippen molar-refractivity contribution in [2.75, 3.05) is 0 Å². The SMILES string of the molecule is CC(=O)n1c(SCc2ccccc2S)nc2ccccc21. The molecule has 0 unspecified atom stereocenters. The van der Waals surface area contributed by atoms with Gasteiger partial charge in [0.05, 0.1) is 11.0 Å². The third-order valence-electron chi connectivity index (χ3n) is 3.19. The van der Waals surface area contributed by atoms with Gasteiger partial charge in [0.25, 0.3) is 0 Å². The first kappa shape index (κ1) is 14.2. The van der Waals surface area contributed by atoms with Gasteiger partial charge in [0.15, 0.2) is 5.16 Å². The lowest BCUT2D eigenvalue weighted by molar-refractivity contribution is 0.0931. The standard InChI is InChI=1S/C16H14N2OS2/c1-11(19)18-14-8-4-3-7-13(14)17-16(18)21-10-12-6-2-5-9-15(12)20/h2-9,20H,10H2,1H3. The van der Waals surface area contributed by atoms with E-state index < -0.39 is 0 Å². The van der Waals surface area contributed by atoms with Crippen LogP contribution < -0.4 is 0 Å². The van der Waals surface area contributed by atoms with Crippen LogP contribution in [0.3, 0.4) is 0 Å². The minimum absolute atomic E-state index is 0.0228. The number of fused-ring (bicyclic) bond motifs is 1. The molecule has 0 aliphatic carbocycles. The average molecular weight is 314 g/mol. The number of carbonyl (C=O) groups is 1. The highest BCUT2D eigenvalue weighted by molar-refractivity contribution is 7.98. The first-order chi connectivity index (χ1) is 10.2. The van der Waals surface area contributed by atoms with Gasteiger partial charge in [-0.05, 0) is 23.8 Å². The van der Waals surface area contributed by atoms with Crippen molar-refractivity contribution in [1.29, 1.82) is 0 Å². The number of imidazole rings is 1. The normalized spacial score (nSPS) is 11.0. The largest absolute Gasteiger partial charge is 0.274 e. The van der Waals surface area contributed by atoms with Crippen molar-refractivity contribution < 1.29 is 4.79 Å². The number of para-hydroxylation sites is 2. The first-order valence-electron chi connectivity index (χ1n) is 6.55. The summed E-state index contributed by atoms with van der Waals surface area (Å²) in [5.41, 5.74) is 2.83. The number of benzene rings is 2. The van der Waals surface area contributed by atoms with E-state index in [4.69, 9.17) is 0 Å². The second-order valence-corrected chi connectivity index (χ2v) is 6.08. The minimum atomic E-state index is -0.0228. The van der Waals surface area contributed by atoms with Crippen molar-refractivity contribution >= 4 is 41.3 Å². The van der Waals surface area contributed by atoms with Gasteiger partial charge >= 0.3 is 0 Å². The van der Waals surface area contributed by atoms with E-state index in [-0.39, 0.29) is 5.91 Å². The van der Waals surface area contributed by atoms with E-state index in [9.17, 15) is 4.79 Å². The van der Waals surface area contributed by atoms with Gasteiger partial charge in [-0.2, -0.15) is 0 Å². The number of aromatic nitrogens is 2. The molecule has 0 fully saturated rings. The van der Waals surface area contributed by atoms with Crippen molar-refractivity contribution in [3.8, 4) is 0 Å². The Labute approximate surface area is 132 Å². The number of nitrogens with zero attached hydrogens (tertiary/aromatic N) is 2. The Morgan fingerprint density at radius 2 is 1.90 bits per heavy atom. The molecule has 3 nitrogen and oxygen atoms in total. The Kier molecular flexibility index (Phi) is 4.03. The molecule has 3 rings (SSSR count). The lowest BCUT2D eigenvalue weighted by Gasteiger charge is -2.06. The van der Waals surface area contributed by atoms with Crippen LogP contribution in [0.1, 0.15) is 17.3 Å². The summed E-state index contributed by atoms with van der Waals surface area (Å²) < 4.78 is 1.67. The van der Waals surface area contributed by atoms with Crippen molar-refractivity contribution in [3.05, 3.63) is 54.1 Å². The van der Waals surface area contributed by atoms with Gasteiger partial charge in [-0.15, -0.1) is 12.6 Å². The molecule has 1 heterocycles. The molecule has 0 saturated heterocycles. The van der Waals surface area contributed by atoms with Gasteiger partial charge in [-0.3, -0.25) is 9.36 Å². The fourth-order valence-electron chi connectivity index (χ4n) is 2.18. The quantitative estimate of drug-likeness (QED) is 0.579. The molecule has 0 N–H and O–H groups in total. The molecule has 2 aromatic carbocycles. The van der Waals surface area contributed by atoms with Gasteiger partial charge in [0.1, 0.15) is 0 Å². The van der Waals surface area contributed by atoms with Crippen LogP contribution in [-0.4, -0.2) is 15.5 Å². The number of thioether (sulfide) groups is 1. The Balaban J connectivity index is 1.95. The molecule has 106 valence electrons. The Morgan fingerprint density at radius 1 is 1.19 bits per heavy atom. The van der Waals surface area contributed by atoms with E-state index in [1.54, 1.807) is 23.3 Å². The maximum atomic E-state index is 11.9. The summed E-state index contributed by atoms with van der Waals surface area (Å²) >= 11 is 6.00. The average Bonchev–Trinajstić information content (AvgIpc) is 2.85. The van der Waals surface area contributed by atoms with Gasteiger partial charge in [-0.25, -0.2) is 4.98 Å². The zero-order chi connectivity index (χ0) is 14.8. The maximum Gasteiger partial charge on any atom is 0.230 e. The fourth-order valence-corrected chi connectivity index (χ4v) is 3.58. The van der Waals surface area contributed by atoms with E-state index in [0.717, 1.165) is 32.4 Å². The molecule has 21 heavy (non-hydrogen) atoms. The molecule has 3 aromatic rings.